The molecule has 0 fully saturated rings. The number of fused-ring (bicyclic) bond motifs is 1. The molecule has 0 N–H and O–H groups in total. The Morgan fingerprint density at radius 3 is 2.08 bits per heavy atom. The van der Waals surface area contributed by atoms with E-state index in [-0.39, 0.29) is 5.91 Å². The normalized spacial score (nSPS) is 13.2. The van der Waals surface area contributed by atoms with Gasteiger partial charge in [0.25, 0.3) is 5.91 Å². The SMILES string of the molecule is O=C1c2ccccc2CN1Cc1ccc(Cc2ccccc2)cc1. The summed E-state index contributed by atoms with van der Waals surface area (Å²) in [6.45, 7) is 1.37. The van der Waals surface area contributed by atoms with E-state index in [1.165, 1.54) is 16.7 Å². The van der Waals surface area contributed by atoms with Gasteiger partial charge >= 0.3 is 0 Å². The summed E-state index contributed by atoms with van der Waals surface area (Å²) in [5, 5.41) is 0. The van der Waals surface area contributed by atoms with E-state index in [9.17, 15) is 4.79 Å². The van der Waals surface area contributed by atoms with Gasteiger partial charge in [-0.25, -0.2) is 0 Å². The van der Waals surface area contributed by atoms with Gasteiger partial charge in [0, 0.05) is 18.7 Å². The predicted molar refractivity (Wildman–Crippen MR) is 95.7 cm³/mol. The van der Waals surface area contributed by atoms with Crippen LogP contribution in [-0.4, -0.2) is 10.8 Å². The second kappa shape index (κ2) is 6.32. The van der Waals surface area contributed by atoms with Gasteiger partial charge in [-0.2, -0.15) is 0 Å². The minimum absolute atomic E-state index is 0.138. The largest absolute Gasteiger partial charge is 0.330 e. The van der Waals surface area contributed by atoms with E-state index in [1.807, 2.05) is 35.2 Å². The molecular weight excluding hydrogens is 294 g/mol. The molecule has 4 rings (SSSR count). The number of nitrogens with zero attached hydrogens (tertiary/aromatic N) is 1. The van der Waals surface area contributed by atoms with E-state index in [2.05, 4.69) is 48.5 Å². The standard InChI is InChI=1S/C22H19NO/c24-22-21-9-5-4-8-20(21)16-23(22)15-19-12-10-18(11-13-19)14-17-6-2-1-3-7-17/h1-13H,14-16H2. The molecule has 1 amide bonds. The summed E-state index contributed by atoms with van der Waals surface area (Å²) in [7, 11) is 0. The minimum atomic E-state index is 0.138. The monoisotopic (exact) mass is 313 g/mol. The molecule has 2 heteroatoms. The quantitative estimate of drug-likeness (QED) is 0.697. The van der Waals surface area contributed by atoms with Gasteiger partial charge in [-0.05, 0) is 34.7 Å². The maximum absolute atomic E-state index is 12.4. The topological polar surface area (TPSA) is 20.3 Å². The molecule has 24 heavy (non-hydrogen) atoms. The molecule has 1 aliphatic rings. The second-order valence-electron chi connectivity index (χ2n) is 6.30. The third-order valence-corrected chi connectivity index (χ3v) is 4.54. The summed E-state index contributed by atoms with van der Waals surface area (Å²) >= 11 is 0. The Bertz CT molecular complexity index is 853. The van der Waals surface area contributed by atoms with Crippen LogP contribution in [0.3, 0.4) is 0 Å². The Hall–Kier alpha value is -2.87. The Balaban J connectivity index is 1.44. The number of hydrogen-bond acceptors (Lipinski definition) is 1. The zero-order valence-electron chi connectivity index (χ0n) is 13.5. The lowest BCUT2D eigenvalue weighted by molar-refractivity contribution is 0.0766. The molecule has 0 aliphatic carbocycles. The third-order valence-electron chi connectivity index (χ3n) is 4.54. The van der Waals surface area contributed by atoms with E-state index in [1.54, 1.807) is 0 Å². The Kier molecular flexibility index (Phi) is 3.87. The van der Waals surface area contributed by atoms with Crippen LogP contribution in [0.25, 0.3) is 0 Å². The van der Waals surface area contributed by atoms with Crippen LogP contribution in [0.4, 0.5) is 0 Å². The molecule has 2 nitrogen and oxygen atoms in total. The fraction of sp³-hybridized carbons (Fsp3) is 0.136. The molecule has 0 aromatic heterocycles. The maximum atomic E-state index is 12.4. The van der Waals surface area contributed by atoms with Crippen LogP contribution < -0.4 is 0 Å². The van der Waals surface area contributed by atoms with E-state index in [4.69, 9.17) is 0 Å². The lowest BCUT2D eigenvalue weighted by atomic mass is 10.0. The average molecular weight is 313 g/mol. The zero-order chi connectivity index (χ0) is 16.4. The predicted octanol–water partition coefficient (Wildman–Crippen LogP) is 4.43. The molecule has 1 aliphatic heterocycles. The number of amides is 1. The van der Waals surface area contributed by atoms with Crippen molar-refractivity contribution in [3.8, 4) is 0 Å². The highest BCUT2D eigenvalue weighted by Gasteiger charge is 2.26. The molecule has 3 aromatic rings. The molecule has 0 radical (unpaired) electrons. The van der Waals surface area contributed by atoms with Crippen LogP contribution in [0.5, 0.6) is 0 Å². The van der Waals surface area contributed by atoms with Gasteiger partial charge in [0.2, 0.25) is 0 Å². The van der Waals surface area contributed by atoms with Gasteiger partial charge in [0.15, 0.2) is 0 Å². The lowest BCUT2D eigenvalue weighted by Gasteiger charge is -2.16. The van der Waals surface area contributed by atoms with Crippen molar-refractivity contribution in [2.75, 3.05) is 0 Å². The van der Waals surface area contributed by atoms with Crippen molar-refractivity contribution in [1.82, 2.24) is 4.90 Å². The van der Waals surface area contributed by atoms with E-state index in [0.717, 1.165) is 17.5 Å². The fourth-order valence-electron chi connectivity index (χ4n) is 3.26. The van der Waals surface area contributed by atoms with Gasteiger partial charge in [-0.3, -0.25) is 4.79 Å². The summed E-state index contributed by atoms with van der Waals surface area (Å²) in [6.07, 6.45) is 0.940. The number of benzene rings is 3. The lowest BCUT2D eigenvalue weighted by Crippen LogP contribution is -2.23. The van der Waals surface area contributed by atoms with Crippen molar-refractivity contribution < 1.29 is 4.79 Å². The molecular formula is C22H19NO. The number of rotatable bonds is 4. The Labute approximate surface area is 142 Å². The van der Waals surface area contributed by atoms with E-state index < -0.39 is 0 Å². The zero-order valence-corrected chi connectivity index (χ0v) is 13.5. The van der Waals surface area contributed by atoms with Gasteiger partial charge < -0.3 is 4.90 Å². The Morgan fingerprint density at radius 2 is 1.33 bits per heavy atom. The Morgan fingerprint density at radius 1 is 0.708 bits per heavy atom. The van der Waals surface area contributed by atoms with Crippen LogP contribution in [-0.2, 0) is 19.5 Å². The van der Waals surface area contributed by atoms with Crippen LogP contribution in [0.2, 0.25) is 0 Å². The van der Waals surface area contributed by atoms with Gasteiger partial charge in [-0.15, -0.1) is 0 Å². The molecule has 1 heterocycles. The summed E-state index contributed by atoms with van der Waals surface area (Å²) in [6, 6.07) is 26.9. The molecule has 0 saturated heterocycles. The summed E-state index contributed by atoms with van der Waals surface area (Å²) in [4.78, 5) is 14.3. The molecule has 0 saturated carbocycles. The number of carbonyl (C=O) groups excluding carboxylic acids is 1. The number of carbonyl (C=O) groups is 1. The number of hydrogen-bond donors (Lipinski definition) is 0. The molecule has 118 valence electrons. The summed E-state index contributed by atoms with van der Waals surface area (Å²) in [5.74, 6) is 0.138. The van der Waals surface area contributed by atoms with Crippen LogP contribution in [0.1, 0.15) is 32.6 Å². The highest BCUT2D eigenvalue weighted by atomic mass is 16.2. The van der Waals surface area contributed by atoms with Crippen molar-refractivity contribution in [2.24, 2.45) is 0 Å². The first-order valence-electron chi connectivity index (χ1n) is 8.28. The summed E-state index contributed by atoms with van der Waals surface area (Å²) < 4.78 is 0. The first-order chi connectivity index (χ1) is 11.8. The van der Waals surface area contributed by atoms with Crippen LogP contribution in [0, 0.1) is 0 Å². The maximum Gasteiger partial charge on any atom is 0.254 e. The molecule has 0 unspecified atom stereocenters. The van der Waals surface area contributed by atoms with Gasteiger partial charge in [0.05, 0.1) is 0 Å². The van der Waals surface area contributed by atoms with Crippen LogP contribution in [0.15, 0.2) is 78.9 Å². The average Bonchev–Trinajstić information content (AvgIpc) is 2.94. The van der Waals surface area contributed by atoms with Crippen LogP contribution >= 0.6 is 0 Å². The van der Waals surface area contributed by atoms with Crippen molar-refractivity contribution in [1.29, 1.82) is 0 Å². The van der Waals surface area contributed by atoms with Crippen molar-refractivity contribution in [3.63, 3.8) is 0 Å². The minimum Gasteiger partial charge on any atom is -0.330 e. The van der Waals surface area contributed by atoms with Gasteiger partial charge in [0.1, 0.15) is 0 Å². The van der Waals surface area contributed by atoms with Gasteiger partial charge in [-0.1, -0.05) is 72.8 Å². The van der Waals surface area contributed by atoms with Crippen molar-refractivity contribution >= 4 is 5.91 Å². The third kappa shape index (κ3) is 2.95. The van der Waals surface area contributed by atoms with Crippen molar-refractivity contribution in [2.45, 2.75) is 19.5 Å². The highest BCUT2D eigenvalue weighted by Crippen LogP contribution is 2.24. The molecule has 3 aromatic carbocycles. The molecule has 0 bridgehead atoms. The smallest absolute Gasteiger partial charge is 0.254 e. The first kappa shape index (κ1) is 14.7. The summed E-state index contributed by atoms with van der Waals surface area (Å²) in [5.41, 5.74) is 5.76. The highest BCUT2D eigenvalue weighted by molar-refractivity contribution is 5.98. The van der Waals surface area contributed by atoms with E-state index >= 15 is 0 Å². The van der Waals surface area contributed by atoms with Crippen molar-refractivity contribution in [3.05, 3.63) is 107 Å². The second-order valence-corrected chi connectivity index (χ2v) is 6.30. The fourth-order valence-corrected chi connectivity index (χ4v) is 3.26. The first-order valence-corrected chi connectivity index (χ1v) is 8.28. The molecule has 0 atom stereocenters. The molecule has 0 spiro atoms. The van der Waals surface area contributed by atoms with E-state index in [0.29, 0.717) is 13.1 Å².